The van der Waals surface area contributed by atoms with Gasteiger partial charge >= 0.3 is 0 Å². The van der Waals surface area contributed by atoms with Gasteiger partial charge in [-0.25, -0.2) is 0 Å². The zero-order valence-electron chi connectivity index (χ0n) is 11.1. The highest BCUT2D eigenvalue weighted by molar-refractivity contribution is 5.37. The first kappa shape index (κ1) is 12.4. The summed E-state index contributed by atoms with van der Waals surface area (Å²) < 4.78 is 5.88. The molecule has 1 aromatic carbocycles. The number of hydrogen-bond acceptors (Lipinski definition) is 2. The maximum Gasteiger partial charge on any atom is 0.122 e. The van der Waals surface area contributed by atoms with Crippen LogP contribution in [-0.4, -0.2) is 18.7 Å². The molecule has 1 aliphatic heterocycles. The quantitative estimate of drug-likeness (QED) is 0.863. The summed E-state index contributed by atoms with van der Waals surface area (Å²) in [6.07, 6.45) is 3.92. The maximum absolute atomic E-state index is 5.88. The van der Waals surface area contributed by atoms with Crippen molar-refractivity contribution < 1.29 is 4.74 Å². The normalized spacial score (nSPS) is 19.9. The highest BCUT2D eigenvalue weighted by Gasteiger charge is 2.17. The Bertz CT molecular complexity index is 367. The van der Waals surface area contributed by atoms with E-state index in [1.54, 1.807) is 0 Å². The first-order valence-corrected chi connectivity index (χ1v) is 6.64. The molecule has 0 saturated carbocycles. The zero-order valence-corrected chi connectivity index (χ0v) is 11.1. The molecule has 2 rings (SSSR count). The van der Waals surface area contributed by atoms with Gasteiger partial charge in [-0.05, 0) is 58.2 Å². The van der Waals surface area contributed by atoms with Crippen LogP contribution in [0.5, 0.6) is 5.75 Å². The first-order chi connectivity index (χ1) is 8.15. The van der Waals surface area contributed by atoms with Gasteiger partial charge in [-0.15, -0.1) is 0 Å². The number of hydrogen-bond donors (Lipinski definition) is 1. The van der Waals surface area contributed by atoms with E-state index in [9.17, 15) is 0 Å². The minimum absolute atomic E-state index is 0.244. The van der Waals surface area contributed by atoms with Crippen LogP contribution in [0, 0.1) is 6.92 Å². The molecular formula is C15H23NO. The zero-order chi connectivity index (χ0) is 12.3. The summed E-state index contributed by atoms with van der Waals surface area (Å²) in [5.74, 6) is 1.05. The lowest BCUT2D eigenvalue weighted by Crippen LogP contribution is -2.24. The SMILES string of the molecule is Cc1ccc(OC(C)C)c(CC2CCCN2)c1. The van der Waals surface area contributed by atoms with E-state index in [2.05, 4.69) is 44.3 Å². The van der Waals surface area contributed by atoms with Gasteiger partial charge in [0.05, 0.1) is 6.10 Å². The van der Waals surface area contributed by atoms with Crippen molar-refractivity contribution in [2.24, 2.45) is 0 Å². The number of rotatable bonds is 4. The van der Waals surface area contributed by atoms with Gasteiger partial charge in [0.15, 0.2) is 0 Å². The molecular weight excluding hydrogens is 210 g/mol. The summed E-state index contributed by atoms with van der Waals surface area (Å²) in [4.78, 5) is 0. The summed E-state index contributed by atoms with van der Waals surface area (Å²) in [5, 5.41) is 3.55. The summed E-state index contributed by atoms with van der Waals surface area (Å²) in [5.41, 5.74) is 2.66. The van der Waals surface area contributed by atoms with Gasteiger partial charge in [-0.3, -0.25) is 0 Å². The molecule has 1 aromatic rings. The van der Waals surface area contributed by atoms with Crippen molar-refractivity contribution in [3.05, 3.63) is 29.3 Å². The standard InChI is InChI=1S/C15H23NO/c1-11(2)17-15-7-6-12(3)9-13(15)10-14-5-4-8-16-14/h6-7,9,11,14,16H,4-5,8,10H2,1-3H3. The van der Waals surface area contributed by atoms with Crippen LogP contribution in [0.4, 0.5) is 0 Å². The Kier molecular flexibility index (Phi) is 4.06. The fraction of sp³-hybridized carbons (Fsp3) is 0.600. The Hall–Kier alpha value is -1.02. The second kappa shape index (κ2) is 5.54. The molecule has 17 heavy (non-hydrogen) atoms. The van der Waals surface area contributed by atoms with Crippen molar-refractivity contribution in [3.8, 4) is 5.75 Å². The lowest BCUT2D eigenvalue weighted by molar-refractivity contribution is 0.239. The van der Waals surface area contributed by atoms with Gasteiger partial charge in [0.25, 0.3) is 0 Å². The van der Waals surface area contributed by atoms with Crippen molar-refractivity contribution in [1.82, 2.24) is 5.32 Å². The molecule has 0 bridgehead atoms. The van der Waals surface area contributed by atoms with Crippen molar-refractivity contribution in [2.75, 3.05) is 6.54 Å². The van der Waals surface area contributed by atoms with Crippen LogP contribution in [0.3, 0.4) is 0 Å². The van der Waals surface area contributed by atoms with E-state index in [4.69, 9.17) is 4.74 Å². The number of nitrogens with one attached hydrogen (secondary N) is 1. The molecule has 1 N–H and O–H groups in total. The van der Waals surface area contributed by atoms with Crippen LogP contribution >= 0.6 is 0 Å². The van der Waals surface area contributed by atoms with Crippen LogP contribution in [0.1, 0.15) is 37.8 Å². The Morgan fingerprint density at radius 1 is 1.41 bits per heavy atom. The first-order valence-electron chi connectivity index (χ1n) is 6.64. The van der Waals surface area contributed by atoms with E-state index < -0.39 is 0 Å². The molecule has 1 saturated heterocycles. The van der Waals surface area contributed by atoms with E-state index in [0.717, 1.165) is 18.7 Å². The highest BCUT2D eigenvalue weighted by atomic mass is 16.5. The van der Waals surface area contributed by atoms with Gasteiger partial charge in [-0.1, -0.05) is 17.7 Å². The molecule has 0 radical (unpaired) electrons. The number of benzene rings is 1. The van der Waals surface area contributed by atoms with E-state index in [-0.39, 0.29) is 6.10 Å². The largest absolute Gasteiger partial charge is 0.491 e. The second-order valence-electron chi connectivity index (χ2n) is 5.28. The van der Waals surface area contributed by atoms with Crippen LogP contribution in [-0.2, 0) is 6.42 Å². The predicted octanol–water partition coefficient (Wildman–Crippen LogP) is 3.08. The molecule has 1 fully saturated rings. The Labute approximate surface area is 104 Å². The summed E-state index contributed by atoms with van der Waals surface area (Å²) in [6, 6.07) is 7.13. The molecule has 1 atom stereocenters. The highest BCUT2D eigenvalue weighted by Crippen LogP contribution is 2.24. The second-order valence-corrected chi connectivity index (χ2v) is 5.28. The minimum Gasteiger partial charge on any atom is -0.491 e. The third kappa shape index (κ3) is 3.47. The lowest BCUT2D eigenvalue weighted by atomic mass is 10.0. The van der Waals surface area contributed by atoms with Crippen LogP contribution in [0.2, 0.25) is 0 Å². The smallest absolute Gasteiger partial charge is 0.122 e. The molecule has 1 unspecified atom stereocenters. The third-order valence-corrected chi connectivity index (χ3v) is 3.21. The summed E-state index contributed by atoms with van der Waals surface area (Å²) in [6.45, 7) is 7.47. The maximum atomic E-state index is 5.88. The average Bonchev–Trinajstić information content (AvgIpc) is 2.74. The molecule has 0 aromatic heterocycles. The molecule has 2 heteroatoms. The van der Waals surface area contributed by atoms with Crippen LogP contribution in [0.25, 0.3) is 0 Å². The Morgan fingerprint density at radius 2 is 2.24 bits per heavy atom. The fourth-order valence-corrected chi connectivity index (χ4v) is 2.43. The van der Waals surface area contributed by atoms with Gasteiger partial charge < -0.3 is 10.1 Å². The Balaban J connectivity index is 2.13. The van der Waals surface area contributed by atoms with E-state index in [1.807, 2.05) is 0 Å². The monoisotopic (exact) mass is 233 g/mol. The predicted molar refractivity (Wildman–Crippen MR) is 71.7 cm³/mol. The van der Waals surface area contributed by atoms with Crippen molar-refractivity contribution in [3.63, 3.8) is 0 Å². The van der Waals surface area contributed by atoms with E-state index in [1.165, 1.54) is 24.0 Å². The molecule has 94 valence electrons. The molecule has 1 heterocycles. The summed E-state index contributed by atoms with van der Waals surface area (Å²) >= 11 is 0. The Morgan fingerprint density at radius 3 is 2.88 bits per heavy atom. The molecule has 0 spiro atoms. The third-order valence-electron chi connectivity index (χ3n) is 3.21. The van der Waals surface area contributed by atoms with Crippen molar-refractivity contribution in [2.45, 2.75) is 52.2 Å². The van der Waals surface area contributed by atoms with Gasteiger partial charge in [0.1, 0.15) is 5.75 Å². The van der Waals surface area contributed by atoms with Crippen LogP contribution < -0.4 is 10.1 Å². The van der Waals surface area contributed by atoms with E-state index >= 15 is 0 Å². The van der Waals surface area contributed by atoms with Crippen molar-refractivity contribution in [1.29, 1.82) is 0 Å². The molecule has 0 aliphatic carbocycles. The van der Waals surface area contributed by atoms with Gasteiger partial charge in [0.2, 0.25) is 0 Å². The van der Waals surface area contributed by atoms with Crippen LogP contribution in [0.15, 0.2) is 18.2 Å². The van der Waals surface area contributed by atoms with Gasteiger partial charge in [-0.2, -0.15) is 0 Å². The van der Waals surface area contributed by atoms with Crippen molar-refractivity contribution >= 4 is 0 Å². The molecule has 0 amide bonds. The average molecular weight is 233 g/mol. The van der Waals surface area contributed by atoms with Gasteiger partial charge in [0, 0.05) is 6.04 Å². The molecule has 1 aliphatic rings. The number of aryl methyl sites for hydroxylation is 1. The number of ether oxygens (including phenoxy) is 1. The lowest BCUT2D eigenvalue weighted by Gasteiger charge is -2.17. The fourth-order valence-electron chi connectivity index (χ4n) is 2.43. The summed E-state index contributed by atoms with van der Waals surface area (Å²) in [7, 11) is 0. The minimum atomic E-state index is 0.244. The topological polar surface area (TPSA) is 21.3 Å². The molecule has 2 nitrogen and oxygen atoms in total. The van der Waals surface area contributed by atoms with E-state index in [0.29, 0.717) is 6.04 Å².